The van der Waals surface area contributed by atoms with E-state index >= 15 is 0 Å². The maximum atomic E-state index is 13.8. The van der Waals surface area contributed by atoms with Crippen molar-refractivity contribution >= 4 is 15.9 Å². The van der Waals surface area contributed by atoms with Crippen LogP contribution in [0.15, 0.2) is 22.7 Å². The largest absolute Gasteiger partial charge is 0.394 e. The van der Waals surface area contributed by atoms with Crippen molar-refractivity contribution in [3.63, 3.8) is 0 Å². The van der Waals surface area contributed by atoms with Crippen molar-refractivity contribution in [1.29, 1.82) is 0 Å². The van der Waals surface area contributed by atoms with Gasteiger partial charge in [-0.15, -0.1) is 0 Å². The summed E-state index contributed by atoms with van der Waals surface area (Å²) in [6.45, 7) is -0.0795. The topological polar surface area (TPSA) is 32.3 Å². The van der Waals surface area contributed by atoms with E-state index in [1.54, 1.807) is 12.1 Å². The molecule has 0 aromatic heterocycles. The summed E-state index contributed by atoms with van der Waals surface area (Å²) < 4.78 is 14.6. The van der Waals surface area contributed by atoms with E-state index in [0.29, 0.717) is 11.6 Å². The Bertz CT molecular complexity index is 393. The molecule has 18 heavy (non-hydrogen) atoms. The van der Waals surface area contributed by atoms with E-state index in [4.69, 9.17) is 0 Å². The van der Waals surface area contributed by atoms with Gasteiger partial charge < -0.3 is 10.4 Å². The number of nitrogens with one attached hydrogen (secondary N) is 1. The van der Waals surface area contributed by atoms with Crippen LogP contribution >= 0.6 is 15.9 Å². The van der Waals surface area contributed by atoms with Crippen LogP contribution in [0.25, 0.3) is 0 Å². The van der Waals surface area contributed by atoms with Crippen LogP contribution in [0.3, 0.4) is 0 Å². The zero-order valence-corrected chi connectivity index (χ0v) is 11.9. The number of aliphatic hydroxyl groups is 1. The molecule has 0 saturated heterocycles. The Morgan fingerprint density at radius 1 is 1.33 bits per heavy atom. The van der Waals surface area contributed by atoms with Gasteiger partial charge in [-0.05, 0) is 31.0 Å². The van der Waals surface area contributed by atoms with Gasteiger partial charge >= 0.3 is 0 Å². The van der Waals surface area contributed by atoms with Gasteiger partial charge in [-0.1, -0.05) is 35.2 Å². The molecule has 1 aromatic rings. The molecule has 2 N–H and O–H groups in total. The van der Waals surface area contributed by atoms with Gasteiger partial charge in [0, 0.05) is 16.1 Å². The molecule has 100 valence electrons. The molecule has 1 aromatic carbocycles. The summed E-state index contributed by atoms with van der Waals surface area (Å²) in [5, 5.41) is 12.9. The Morgan fingerprint density at radius 3 is 2.72 bits per heavy atom. The van der Waals surface area contributed by atoms with Gasteiger partial charge in [0.2, 0.25) is 0 Å². The lowest BCUT2D eigenvalue weighted by atomic mass is 9.94. The van der Waals surface area contributed by atoms with Crippen LogP contribution in [0.2, 0.25) is 0 Å². The third kappa shape index (κ3) is 3.53. The second kappa shape index (κ2) is 6.64. The maximum Gasteiger partial charge on any atom is 0.128 e. The van der Waals surface area contributed by atoms with Gasteiger partial charge in [-0.25, -0.2) is 4.39 Å². The van der Waals surface area contributed by atoms with E-state index in [0.717, 1.165) is 17.3 Å². The summed E-state index contributed by atoms with van der Waals surface area (Å²) in [5.74, 6) is -0.263. The monoisotopic (exact) mass is 315 g/mol. The van der Waals surface area contributed by atoms with Crippen LogP contribution in [-0.4, -0.2) is 17.8 Å². The van der Waals surface area contributed by atoms with Crippen molar-refractivity contribution in [2.24, 2.45) is 0 Å². The van der Waals surface area contributed by atoms with E-state index < -0.39 is 0 Å². The van der Waals surface area contributed by atoms with Crippen LogP contribution < -0.4 is 5.32 Å². The molecule has 1 saturated carbocycles. The molecule has 1 atom stereocenters. The SMILES string of the molecule is OCC(NC1CCCCC1)c1cc(Br)ccc1F. The second-order valence-electron chi connectivity index (χ2n) is 4.90. The fourth-order valence-electron chi connectivity index (χ4n) is 2.58. The van der Waals surface area contributed by atoms with Crippen molar-refractivity contribution in [2.45, 2.75) is 44.2 Å². The summed E-state index contributed by atoms with van der Waals surface area (Å²) in [4.78, 5) is 0. The Morgan fingerprint density at radius 2 is 2.06 bits per heavy atom. The first-order valence-electron chi connectivity index (χ1n) is 6.52. The molecule has 1 fully saturated rings. The Labute approximate surface area is 116 Å². The Kier molecular flexibility index (Phi) is 5.15. The van der Waals surface area contributed by atoms with Crippen LogP contribution in [0.5, 0.6) is 0 Å². The van der Waals surface area contributed by atoms with Crippen molar-refractivity contribution in [3.8, 4) is 0 Å². The predicted octanol–water partition coefficient (Wildman–Crippen LogP) is 3.54. The van der Waals surface area contributed by atoms with Gasteiger partial charge in [0.15, 0.2) is 0 Å². The molecule has 1 unspecified atom stereocenters. The molecular formula is C14H19BrFNO. The molecule has 0 aliphatic heterocycles. The average Bonchev–Trinajstić information content (AvgIpc) is 2.40. The van der Waals surface area contributed by atoms with Gasteiger partial charge in [0.25, 0.3) is 0 Å². The molecule has 2 nitrogen and oxygen atoms in total. The number of hydrogen-bond acceptors (Lipinski definition) is 2. The number of aliphatic hydroxyl groups excluding tert-OH is 1. The predicted molar refractivity (Wildman–Crippen MR) is 73.9 cm³/mol. The van der Waals surface area contributed by atoms with Crippen LogP contribution in [0.4, 0.5) is 4.39 Å². The molecule has 1 aliphatic rings. The van der Waals surface area contributed by atoms with Crippen LogP contribution in [0.1, 0.15) is 43.7 Å². The lowest BCUT2D eigenvalue weighted by molar-refractivity contribution is 0.217. The summed E-state index contributed by atoms with van der Waals surface area (Å²) in [7, 11) is 0. The van der Waals surface area contributed by atoms with Gasteiger partial charge in [0.05, 0.1) is 12.6 Å². The van der Waals surface area contributed by atoms with E-state index in [9.17, 15) is 9.50 Å². The smallest absolute Gasteiger partial charge is 0.128 e. The fraction of sp³-hybridized carbons (Fsp3) is 0.571. The second-order valence-corrected chi connectivity index (χ2v) is 5.82. The number of halogens is 2. The summed E-state index contributed by atoms with van der Waals surface area (Å²) in [6, 6.07) is 4.93. The number of hydrogen-bond donors (Lipinski definition) is 2. The zero-order chi connectivity index (χ0) is 13.0. The number of rotatable bonds is 4. The van der Waals surface area contributed by atoms with Gasteiger partial charge in [0.1, 0.15) is 5.82 Å². The minimum atomic E-state index is -0.314. The third-order valence-electron chi connectivity index (χ3n) is 3.56. The van der Waals surface area contributed by atoms with Gasteiger partial charge in [-0.2, -0.15) is 0 Å². The maximum absolute atomic E-state index is 13.8. The highest BCUT2D eigenvalue weighted by molar-refractivity contribution is 9.10. The lowest BCUT2D eigenvalue weighted by Crippen LogP contribution is -2.36. The molecule has 2 rings (SSSR count). The quantitative estimate of drug-likeness (QED) is 0.890. The highest BCUT2D eigenvalue weighted by atomic mass is 79.9. The Balaban J connectivity index is 2.09. The first-order chi connectivity index (χ1) is 8.70. The first kappa shape index (κ1) is 14.0. The van der Waals surface area contributed by atoms with E-state index in [1.807, 2.05) is 0 Å². The lowest BCUT2D eigenvalue weighted by Gasteiger charge is -2.28. The molecule has 0 spiro atoms. The zero-order valence-electron chi connectivity index (χ0n) is 10.3. The minimum Gasteiger partial charge on any atom is -0.394 e. The van der Waals surface area contributed by atoms with E-state index in [-0.39, 0.29) is 18.5 Å². The minimum absolute atomic E-state index is 0.0795. The Hall–Kier alpha value is -0.450. The molecule has 0 bridgehead atoms. The summed E-state index contributed by atoms with van der Waals surface area (Å²) >= 11 is 3.34. The normalized spacial score (nSPS) is 18.8. The fourth-order valence-corrected chi connectivity index (χ4v) is 2.96. The van der Waals surface area contributed by atoms with E-state index in [1.165, 1.54) is 25.3 Å². The molecule has 0 radical (unpaired) electrons. The molecule has 1 aliphatic carbocycles. The molecule has 0 heterocycles. The van der Waals surface area contributed by atoms with Crippen molar-refractivity contribution in [1.82, 2.24) is 5.32 Å². The highest BCUT2D eigenvalue weighted by Crippen LogP contribution is 2.25. The van der Waals surface area contributed by atoms with Crippen molar-refractivity contribution in [3.05, 3.63) is 34.1 Å². The van der Waals surface area contributed by atoms with Crippen molar-refractivity contribution in [2.75, 3.05) is 6.61 Å². The molecule has 0 amide bonds. The summed E-state index contributed by atoms with van der Waals surface area (Å²) in [6.07, 6.45) is 5.96. The van der Waals surface area contributed by atoms with Gasteiger partial charge in [-0.3, -0.25) is 0 Å². The standard InChI is InChI=1S/C14H19BrFNO/c15-10-6-7-13(16)12(8-10)14(9-18)17-11-4-2-1-3-5-11/h6-8,11,14,17-18H,1-5,9H2. The average molecular weight is 316 g/mol. The van der Waals surface area contributed by atoms with Crippen LogP contribution in [-0.2, 0) is 0 Å². The third-order valence-corrected chi connectivity index (χ3v) is 4.05. The molecular weight excluding hydrogens is 297 g/mol. The van der Waals surface area contributed by atoms with Crippen molar-refractivity contribution < 1.29 is 9.50 Å². The molecule has 4 heteroatoms. The summed E-state index contributed by atoms with van der Waals surface area (Å²) in [5.41, 5.74) is 0.539. The van der Waals surface area contributed by atoms with E-state index in [2.05, 4.69) is 21.2 Å². The highest BCUT2D eigenvalue weighted by Gasteiger charge is 2.21. The number of benzene rings is 1. The van der Waals surface area contributed by atoms with Crippen LogP contribution in [0, 0.1) is 5.82 Å². The first-order valence-corrected chi connectivity index (χ1v) is 7.32.